The van der Waals surface area contributed by atoms with Crippen molar-refractivity contribution in [3.63, 3.8) is 0 Å². The predicted octanol–water partition coefficient (Wildman–Crippen LogP) is -0.354. The molecule has 2 aromatic heterocycles. The molecule has 0 aromatic carbocycles. The van der Waals surface area contributed by atoms with Crippen LogP contribution in [-0.4, -0.2) is 48.2 Å². The second kappa shape index (κ2) is 4.54. The molecule has 2 aromatic rings. The Morgan fingerprint density at radius 1 is 1.26 bits per heavy atom. The Morgan fingerprint density at radius 3 is 2.63 bits per heavy atom. The number of nitrogens with two attached hydrogens (primary N) is 1. The van der Waals surface area contributed by atoms with Gasteiger partial charge in [-0.05, 0) is 29.0 Å². The largest absolute Gasteiger partial charge is 0.390 e. The molecule has 2 heterocycles. The smallest absolute Gasteiger partial charge is 0.146 e. The van der Waals surface area contributed by atoms with Crippen molar-refractivity contribution in [1.82, 2.24) is 14.5 Å². The molecule has 1 saturated carbocycles. The zero-order valence-electron chi connectivity index (χ0n) is 9.81. The van der Waals surface area contributed by atoms with Gasteiger partial charge in [0.1, 0.15) is 30.0 Å². The topological polar surface area (TPSA) is 117 Å². The summed E-state index contributed by atoms with van der Waals surface area (Å²) in [4.78, 5) is 8.13. The molecule has 102 valence electrons. The Hall–Kier alpha value is -0.970. The number of rotatable bonds is 1. The Kier molecular flexibility index (Phi) is 3.12. The molecule has 0 spiro atoms. The summed E-state index contributed by atoms with van der Waals surface area (Å²) in [5.41, 5.74) is 6.43. The van der Waals surface area contributed by atoms with Gasteiger partial charge in [0.2, 0.25) is 0 Å². The third kappa shape index (κ3) is 1.90. The number of hydrogen-bond acceptors (Lipinski definition) is 6. The maximum Gasteiger partial charge on any atom is 0.146 e. The molecule has 0 amide bonds. The Labute approximate surface area is 122 Å². The number of aromatic nitrogens is 3. The van der Waals surface area contributed by atoms with E-state index in [9.17, 15) is 15.3 Å². The van der Waals surface area contributed by atoms with Crippen LogP contribution in [0.15, 0.2) is 12.5 Å². The van der Waals surface area contributed by atoms with Gasteiger partial charge in [-0.1, -0.05) is 0 Å². The normalized spacial score (nSPS) is 31.2. The molecule has 1 fully saturated rings. The number of fused-ring (bicyclic) bond motifs is 1. The summed E-state index contributed by atoms with van der Waals surface area (Å²) in [6.45, 7) is 0. The molecular formula is C11H13IN4O3. The Morgan fingerprint density at radius 2 is 2.00 bits per heavy atom. The highest BCUT2D eigenvalue weighted by Gasteiger charge is 2.42. The van der Waals surface area contributed by atoms with Crippen LogP contribution in [0, 0.1) is 3.57 Å². The van der Waals surface area contributed by atoms with Gasteiger partial charge in [-0.3, -0.25) is 0 Å². The molecule has 0 radical (unpaired) electrons. The first-order valence-electron chi connectivity index (χ1n) is 5.81. The predicted molar refractivity (Wildman–Crippen MR) is 76.3 cm³/mol. The number of halogens is 1. The van der Waals surface area contributed by atoms with Crippen molar-refractivity contribution in [3.8, 4) is 0 Å². The van der Waals surface area contributed by atoms with E-state index < -0.39 is 24.4 Å². The summed E-state index contributed by atoms with van der Waals surface area (Å²) in [6, 6.07) is -0.426. The van der Waals surface area contributed by atoms with E-state index in [1.165, 1.54) is 6.33 Å². The van der Waals surface area contributed by atoms with Crippen LogP contribution in [0.1, 0.15) is 12.5 Å². The first kappa shape index (κ1) is 13.0. The maximum absolute atomic E-state index is 10.0. The Balaban J connectivity index is 2.14. The lowest BCUT2D eigenvalue weighted by Gasteiger charge is -2.18. The summed E-state index contributed by atoms with van der Waals surface area (Å²) in [6.07, 6.45) is 0.325. The van der Waals surface area contributed by atoms with E-state index in [1.54, 1.807) is 10.8 Å². The first-order valence-corrected chi connectivity index (χ1v) is 6.89. The van der Waals surface area contributed by atoms with Crippen molar-refractivity contribution < 1.29 is 15.3 Å². The lowest BCUT2D eigenvalue weighted by molar-refractivity contribution is -0.0244. The van der Waals surface area contributed by atoms with Crippen molar-refractivity contribution in [2.75, 3.05) is 5.73 Å². The standard InChI is InChI=1S/C11H13IN4O3/c12-4-2-16(5-1-6(17)9(19)8(5)18)11-7(4)10(13)14-3-15-11/h2-3,5-6,8-9,17-19H,1H2,(H2,13,14,15)/t5-,6+,8+,9-/m1/s1. The van der Waals surface area contributed by atoms with Crippen molar-refractivity contribution in [2.45, 2.75) is 30.8 Å². The van der Waals surface area contributed by atoms with E-state index in [4.69, 9.17) is 5.73 Å². The van der Waals surface area contributed by atoms with Gasteiger partial charge in [-0.2, -0.15) is 0 Å². The van der Waals surface area contributed by atoms with Crippen LogP contribution in [-0.2, 0) is 0 Å². The third-order valence-electron chi connectivity index (χ3n) is 3.57. The van der Waals surface area contributed by atoms with Crippen molar-refractivity contribution in [1.29, 1.82) is 0 Å². The van der Waals surface area contributed by atoms with E-state index in [1.807, 2.05) is 0 Å². The van der Waals surface area contributed by atoms with E-state index >= 15 is 0 Å². The third-order valence-corrected chi connectivity index (χ3v) is 4.39. The average Bonchev–Trinajstić information content (AvgIpc) is 2.83. The van der Waals surface area contributed by atoms with Crippen LogP contribution >= 0.6 is 22.6 Å². The highest BCUT2D eigenvalue weighted by molar-refractivity contribution is 14.1. The molecule has 1 aliphatic carbocycles. The summed E-state index contributed by atoms with van der Waals surface area (Å²) in [5.74, 6) is 0.377. The number of aliphatic hydroxyl groups is 3. The van der Waals surface area contributed by atoms with Gasteiger partial charge in [0, 0.05) is 9.77 Å². The second-order valence-electron chi connectivity index (χ2n) is 4.69. The van der Waals surface area contributed by atoms with Gasteiger partial charge in [-0.25, -0.2) is 9.97 Å². The van der Waals surface area contributed by atoms with Gasteiger partial charge < -0.3 is 25.6 Å². The summed E-state index contributed by atoms with van der Waals surface area (Å²) >= 11 is 2.12. The highest BCUT2D eigenvalue weighted by Crippen LogP contribution is 2.35. The molecule has 19 heavy (non-hydrogen) atoms. The fourth-order valence-electron chi connectivity index (χ4n) is 2.57. The molecule has 0 unspecified atom stereocenters. The van der Waals surface area contributed by atoms with Gasteiger partial charge in [0.25, 0.3) is 0 Å². The molecule has 1 aliphatic rings. The SMILES string of the molecule is Nc1ncnc2c1c(I)cn2[C@@H]1C[C@H](O)[C@@H](O)[C@H]1O. The summed E-state index contributed by atoms with van der Waals surface area (Å²) < 4.78 is 2.62. The lowest BCUT2D eigenvalue weighted by atomic mass is 10.2. The fraction of sp³-hybridized carbons (Fsp3) is 0.455. The van der Waals surface area contributed by atoms with Crippen molar-refractivity contribution in [2.24, 2.45) is 0 Å². The molecule has 5 N–H and O–H groups in total. The lowest BCUT2D eigenvalue weighted by Crippen LogP contribution is -2.31. The van der Waals surface area contributed by atoms with Gasteiger partial charge in [0.05, 0.1) is 17.5 Å². The van der Waals surface area contributed by atoms with E-state index in [0.717, 1.165) is 8.96 Å². The van der Waals surface area contributed by atoms with E-state index in [2.05, 4.69) is 32.6 Å². The fourth-order valence-corrected chi connectivity index (χ4v) is 3.39. The molecule has 8 heteroatoms. The molecule has 0 aliphatic heterocycles. The quantitative estimate of drug-likeness (QED) is 0.506. The highest BCUT2D eigenvalue weighted by atomic mass is 127. The molecule has 3 rings (SSSR count). The zero-order chi connectivity index (χ0) is 13.7. The molecule has 4 atom stereocenters. The van der Waals surface area contributed by atoms with Crippen molar-refractivity contribution >= 4 is 39.4 Å². The van der Waals surface area contributed by atoms with Crippen LogP contribution in [0.5, 0.6) is 0 Å². The van der Waals surface area contributed by atoms with Gasteiger partial charge in [-0.15, -0.1) is 0 Å². The molecular weight excluding hydrogens is 363 g/mol. The zero-order valence-corrected chi connectivity index (χ0v) is 12.0. The second-order valence-corrected chi connectivity index (χ2v) is 5.86. The van der Waals surface area contributed by atoms with E-state index in [-0.39, 0.29) is 6.42 Å². The minimum absolute atomic E-state index is 0.270. The van der Waals surface area contributed by atoms with Crippen LogP contribution in [0.3, 0.4) is 0 Å². The summed E-state index contributed by atoms with van der Waals surface area (Å²) in [7, 11) is 0. The molecule has 0 saturated heterocycles. The number of hydrogen-bond donors (Lipinski definition) is 4. The van der Waals surface area contributed by atoms with E-state index in [0.29, 0.717) is 11.5 Å². The number of aliphatic hydroxyl groups excluding tert-OH is 3. The molecule has 0 bridgehead atoms. The maximum atomic E-state index is 10.0. The minimum Gasteiger partial charge on any atom is -0.390 e. The van der Waals surface area contributed by atoms with Crippen LogP contribution in [0.4, 0.5) is 5.82 Å². The van der Waals surface area contributed by atoms with Crippen LogP contribution in [0.25, 0.3) is 11.0 Å². The summed E-state index contributed by atoms with van der Waals surface area (Å²) in [5, 5.41) is 30.0. The first-order chi connectivity index (χ1) is 9.00. The number of anilines is 1. The van der Waals surface area contributed by atoms with Gasteiger partial charge >= 0.3 is 0 Å². The molecule has 7 nitrogen and oxygen atoms in total. The van der Waals surface area contributed by atoms with Gasteiger partial charge in [0.15, 0.2) is 0 Å². The van der Waals surface area contributed by atoms with Crippen molar-refractivity contribution in [3.05, 3.63) is 16.1 Å². The monoisotopic (exact) mass is 376 g/mol. The number of nitrogens with zero attached hydrogens (tertiary/aromatic N) is 3. The minimum atomic E-state index is -1.14. The van der Waals surface area contributed by atoms with Crippen LogP contribution < -0.4 is 5.73 Å². The average molecular weight is 376 g/mol. The Bertz CT molecular complexity index is 632. The van der Waals surface area contributed by atoms with Crippen LogP contribution in [0.2, 0.25) is 0 Å². The number of nitrogen functional groups attached to an aromatic ring is 1.